The quantitative estimate of drug-likeness (QED) is 0.849. The van der Waals surface area contributed by atoms with Crippen molar-refractivity contribution < 1.29 is 8.42 Å². The van der Waals surface area contributed by atoms with Crippen LogP contribution in [0.1, 0.15) is 12.5 Å². The lowest BCUT2D eigenvalue weighted by atomic mass is 10.2. The Kier molecular flexibility index (Phi) is 4.48. The molecule has 0 aliphatic carbocycles. The van der Waals surface area contributed by atoms with E-state index in [-0.39, 0.29) is 28.1 Å². The van der Waals surface area contributed by atoms with E-state index in [0.717, 1.165) is 0 Å². The summed E-state index contributed by atoms with van der Waals surface area (Å²) < 4.78 is 26.1. The van der Waals surface area contributed by atoms with Crippen molar-refractivity contribution in [3.63, 3.8) is 0 Å². The van der Waals surface area contributed by atoms with Crippen molar-refractivity contribution in [2.45, 2.75) is 17.9 Å². The first-order chi connectivity index (χ1) is 7.86. The molecule has 3 N–H and O–H groups in total. The van der Waals surface area contributed by atoms with Gasteiger partial charge in [-0.3, -0.25) is 0 Å². The molecule has 0 heterocycles. The van der Waals surface area contributed by atoms with Crippen LogP contribution in [-0.2, 0) is 10.0 Å². The highest BCUT2D eigenvalue weighted by atomic mass is 35.5. The molecule has 1 atom stereocenters. The number of hydrogen-bond acceptors (Lipinski definition) is 4. The molecular formula is C10H12ClN3O2S. The maximum absolute atomic E-state index is 11.9. The molecule has 0 radical (unpaired) electrons. The highest BCUT2D eigenvalue weighted by molar-refractivity contribution is 7.89. The highest BCUT2D eigenvalue weighted by Gasteiger charge is 2.19. The number of rotatable bonds is 4. The molecule has 0 aliphatic rings. The lowest BCUT2D eigenvalue weighted by Crippen LogP contribution is -2.35. The van der Waals surface area contributed by atoms with Crippen molar-refractivity contribution in [3.8, 4) is 6.07 Å². The van der Waals surface area contributed by atoms with Gasteiger partial charge < -0.3 is 5.73 Å². The third kappa shape index (κ3) is 3.68. The van der Waals surface area contributed by atoms with Crippen LogP contribution in [0.15, 0.2) is 23.1 Å². The average molecular weight is 274 g/mol. The fourth-order valence-electron chi connectivity index (χ4n) is 1.13. The zero-order valence-electron chi connectivity index (χ0n) is 9.14. The first kappa shape index (κ1) is 13.9. The molecule has 1 aromatic carbocycles. The molecule has 1 aromatic rings. The molecule has 5 nitrogen and oxygen atoms in total. The van der Waals surface area contributed by atoms with E-state index in [1.54, 1.807) is 6.92 Å². The normalized spacial score (nSPS) is 13.1. The number of nitrogens with zero attached hydrogens (tertiary/aromatic N) is 1. The summed E-state index contributed by atoms with van der Waals surface area (Å²) in [6.07, 6.45) is 0. The fraction of sp³-hybridized carbons (Fsp3) is 0.300. The molecule has 0 saturated carbocycles. The first-order valence-electron chi connectivity index (χ1n) is 4.81. The maximum atomic E-state index is 11.9. The largest absolute Gasteiger partial charge is 0.327 e. The number of nitrogens with one attached hydrogen (secondary N) is 1. The number of halogens is 1. The average Bonchev–Trinajstić information content (AvgIpc) is 2.26. The molecule has 1 rings (SSSR count). The number of benzene rings is 1. The van der Waals surface area contributed by atoms with Gasteiger partial charge in [0.1, 0.15) is 11.0 Å². The van der Waals surface area contributed by atoms with E-state index in [9.17, 15) is 8.42 Å². The van der Waals surface area contributed by atoms with Gasteiger partial charge >= 0.3 is 0 Å². The molecule has 0 spiro atoms. The monoisotopic (exact) mass is 273 g/mol. The maximum Gasteiger partial charge on any atom is 0.241 e. The van der Waals surface area contributed by atoms with Gasteiger partial charge in [0.15, 0.2) is 0 Å². The molecular weight excluding hydrogens is 262 g/mol. The molecule has 0 saturated heterocycles. The van der Waals surface area contributed by atoms with Gasteiger partial charge in [-0.25, -0.2) is 13.1 Å². The van der Waals surface area contributed by atoms with Gasteiger partial charge in [0, 0.05) is 17.6 Å². The van der Waals surface area contributed by atoms with Crippen molar-refractivity contribution in [3.05, 3.63) is 28.8 Å². The summed E-state index contributed by atoms with van der Waals surface area (Å²) in [5.74, 6) is 0. The SMILES string of the molecule is CC(N)CNS(=O)(=O)c1cc(Cl)ccc1C#N. The van der Waals surface area contributed by atoms with Crippen LogP contribution in [0.3, 0.4) is 0 Å². The zero-order valence-corrected chi connectivity index (χ0v) is 10.7. The third-order valence-corrected chi connectivity index (χ3v) is 3.65. The van der Waals surface area contributed by atoms with Crippen LogP contribution in [0.2, 0.25) is 5.02 Å². The summed E-state index contributed by atoms with van der Waals surface area (Å²) in [4.78, 5) is -0.131. The highest BCUT2D eigenvalue weighted by Crippen LogP contribution is 2.19. The summed E-state index contributed by atoms with van der Waals surface area (Å²) in [7, 11) is -3.76. The Morgan fingerprint density at radius 2 is 2.24 bits per heavy atom. The minimum Gasteiger partial charge on any atom is -0.327 e. The second kappa shape index (κ2) is 5.47. The molecule has 0 fully saturated rings. The molecule has 17 heavy (non-hydrogen) atoms. The number of sulfonamides is 1. The van der Waals surface area contributed by atoms with Crippen LogP contribution in [-0.4, -0.2) is 21.0 Å². The second-order valence-corrected chi connectivity index (χ2v) is 5.75. The van der Waals surface area contributed by atoms with Crippen molar-refractivity contribution in [2.75, 3.05) is 6.54 Å². The smallest absolute Gasteiger partial charge is 0.241 e. The molecule has 0 aromatic heterocycles. The Morgan fingerprint density at radius 3 is 2.76 bits per heavy atom. The van der Waals surface area contributed by atoms with Crippen LogP contribution in [0, 0.1) is 11.3 Å². The first-order valence-corrected chi connectivity index (χ1v) is 6.68. The van der Waals surface area contributed by atoms with E-state index < -0.39 is 10.0 Å². The van der Waals surface area contributed by atoms with Gasteiger partial charge in [0.05, 0.1) is 5.56 Å². The number of nitriles is 1. The topological polar surface area (TPSA) is 96.0 Å². The summed E-state index contributed by atoms with van der Waals surface area (Å²) in [5, 5.41) is 9.09. The fourth-order valence-corrected chi connectivity index (χ4v) is 2.69. The summed E-state index contributed by atoms with van der Waals surface area (Å²) in [6, 6.07) is 5.56. The third-order valence-electron chi connectivity index (χ3n) is 1.95. The Balaban J connectivity index is 3.15. The predicted octanol–water partition coefficient (Wildman–Crippen LogP) is 0.837. The van der Waals surface area contributed by atoms with Crippen LogP contribution in [0.25, 0.3) is 0 Å². The van der Waals surface area contributed by atoms with Gasteiger partial charge in [0.25, 0.3) is 0 Å². The Bertz CT molecular complexity index is 549. The van der Waals surface area contributed by atoms with Crippen LogP contribution in [0.4, 0.5) is 0 Å². The number of nitrogens with two attached hydrogens (primary N) is 1. The summed E-state index contributed by atoms with van der Waals surface area (Å²) in [5.41, 5.74) is 5.51. The van der Waals surface area contributed by atoms with Gasteiger partial charge in [-0.1, -0.05) is 11.6 Å². The standard InChI is InChI=1S/C10H12ClN3O2S/c1-7(13)6-14-17(15,16)10-4-9(11)3-2-8(10)5-12/h2-4,7,14H,6,13H2,1H3. The lowest BCUT2D eigenvalue weighted by Gasteiger charge is -2.10. The van der Waals surface area contributed by atoms with Gasteiger partial charge in [-0.15, -0.1) is 0 Å². The molecule has 0 amide bonds. The van der Waals surface area contributed by atoms with Crippen molar-refractivity contribution in [2.24, 2.45) is 5.73 Å². The second-order valence-electron chi connectivity index (χ2n) is 3.58. The van der Waals surface area contributed by atoms with E-state index in [1.165, 1.54) is 18.2 Å². The molecule has 92 valence electrons. The summed E-state index contributed by atoms with van der Waals surface area (Å²) >= 11 is 5.72. The van der Waals surface area contributed by atoms with E-state index in [0.29, 0.717) is 0 Å². The predicted molar refractivity (Wildman–Crippen MR) is 65.0 cm³/mol. The van der Waals surface area contributed by atoms with Crippen LogP contribution < -0.4 is 10.5 Å². The molecule has 1 unspecified atom stereocenters. The van der Waals surface area contributed by atoms with Crippen molar-refractivity contribution >= 4 is 21.6 Å². The summed E-state index contributed by atoms with van der Waals surface area (Å²) in [6.45, 7) is 1.77. The Labute approximate surface area is 105 Å². The molecule has 0 bridgehead atoms. The van der Waals surface area contributed by atoms with Gasteiger partial charge in [0.2, 0.25) is 10.0 Å². The lowest BCUT2D eigenvalue weighted by molar-refractivity contribution is 0.573. The zero-order chi connectivity index (χ0) is 13.1. The molecule has 7 heteroatoms. The van der Waals surface area contributed by atoms with E-state index in [2.05, 4.69) is 4.72 Å². The van der Waals surface area contributed by atoms with Crippen LogP contribution >= 0.6 is 11.6 Å². The van der Waals surface area contributed by atoms with E-state index >= 15 is 0 Å². The Hall–Kier alpha value is -1.13. The minimum atomic E-state index is -3.76. The molecule has 0 aliphatic heterocycles. The van der Waals surface area contributed by atoms with Gasteiger partial charge in [-0.2, -0.15) is 5.26 Å². The van der Waals surface area contributed by atoms with Crippen molar-refractivity contribution in [1.29, 1.82) is 5.26 Å². The van der Waals surface area contributed by atoms with E-state index in [1.807, 2.05) is 6.07 Å². The minimum absolute atomic E-state index is 0.0478. The van der Waals surface area contributed by atoms with Crippen LogP contribution in [0.5, 0.6) is 0 Å². The van der Waals surface area contributed by atoms with Crippen molar-refractivity contribution in [1.82, 2.24) is 4.72 Å². The Morgan fingerprint density at radius 1 is 1.59 bits per heavy atom. The van der Waals surface area contributed by atoms with E-state index in [4.69, 9.17) is 22.6 Å². The van der Waals surface area contributed by atoms with Gasteiger partial charge in [-0.05, 0) is 25.1 Å². The number of hydrogen-bond donors (Lipinski definition) is 2.